The van der Waals surface area contributed by atoms with E-state index in [1.165, 1.54) is 11.1 Å². The third kappa shape index (κ3) is 5.67. The van der Waals surface area contributed by atoms with Gasteiger partial charge in [0.25, 0.3) is 0 Å². The maximum Gasteiger partial charge on any atom is 0.173 e. The Morgan fingerprint density at radius 1 is 0.781 bits per heavy atom. The molecule has 166 valence electrons. The highest BCUT2D eigenvalue weighted by Crippen LogP contribution is 2.29. The maximum absolute atomic E-state index is 5.72. The van der Waals surface area contributed by atoms with Crippen LogP contribution in [0.1, 0.15) is 31.0 Å². The number of hydrogen-bond donors (Lipinski definition) is 1. The van der Waals surface area contributed by atoms with Gasteiger partial charge in [0.1, 0.15) is 5.75 Å². The minimum Gasteiger partial charge on any atom is -0.491 e. The minimum absolute atomic E-state index is 0.168. The molecule has 5 heteroatoms. The Hall–Kier alpha value is -2.89. The van der Waals surface area contributed by atoms with Gasteiger partial charge in [0.15, 0.2) is 5.11 Å². The lowest BCUT2D eigenvalue weighted by atomic mass is 9.96. The van der Waals surface area contributed by atoms with Crippen LogP contribution in [0.25, 0.3) is 0 Å². The molecule has 0 bridgehead atoms. The van der Waals surface area contributed by atoms with E-state index < -0.39 is 0 Å². The second-order valence-corrected chi connectivity index (χ2v) is 8.75. The zero-order chi connectivity index (χ0) is 22.3. The summed E-state index contributed by atoms with van der Waals surface area (Å²) < 4.78 is 5.72. The van der Waals surface area contributed by atoms with E-state index >= 15 is 0 Å². The SMILES string of the molecule is CC(C)Oc1ccc(NC(=S)N2CCN(C(c3ccccc3)c3ccccc3)CC2)cc1. The zero-order valence-electron chi connectivity index (χ0n) is 18.8. The van der Waals surface area contributed by atoms with Gasteiger partial charge in [0, 0.05) is 31.9 Å². The summed E-state index contributed by atoms with van der Waals surface area (Å²) in [6.07, 6.45) is 0.168. The fourth-order valence-corrected chi connectivity index (χ4v) is 4.46. The van der Waals surface area contributed by atoms with Crippen molar-refractivity contribution in [2.75, 3.05) is 31.5 Å². The largest absolute Gasteiger partial charge is 0.491 e. The van der Waals surface area contributed by atoms with Crippen LogP contribution in [-0.2, 0) is 0 Å². The molecule has 1 aliphatic heterocycles. The Bertz CT molecular complexity index is 945. The molecule has 0 amide bonds. The summed E-state index contributed by atoms with van der Waals surface area (Å²) >= 11 is 5.72. The minimum atomic E-state index is 0.168. The number of ether oxygens (including phenoxy) is 1. The molecule has 4 nitrogen and oxygen atoms in total. The molecule has 1 saturated heterocycles. The van der Waals surface area contributed by atoms with Gasteiger partial charge >= 0.3 is 0 Å². The predicted molar refractivity (Wildman–Crippen MR) is 136 cm³/mol. The summed E-state index contributed by atoms with van der Waals surface area (Å²) in [5.41, 5.74) is 3.65. The van der Waals surface area contributed by atoms with E-state index in [4.69, 9.17) is 17.0 Å². The Balaban J connectivity index is 1.38. The number of benzene rings is 3. The molecule has 3 aromatic carbocycles. The number of anilines is 1. The number of nitrogens with zero attached hydrogens (tertiary/aromatic N) is 2. The van der Waals surface area contributed by atoms with E-state index in [9.17, 15) is 0 Å². The van der Waals surface area contributed by atoms with Crippen LogP contribution < -0.4 is 10.1 Å². The van der Waals surface area contributed by atoms with Gasteiger partial charge in [0.05, 0.1) is 12.1 Å². The van der Waals surface area contributed by atoms with Gasteiger partial charge in [-0.2, -0.15) is 0 Å². The predicted octanol–water partition coefficient (Wildman–Crippen LogP) is 5.58. The van der Waals surface area contributed by atoms with Crippen molar-refractivity contribution in [3.8, 4) is 5.75 Å². The number of nitrogens with one attached hydrogen (secondary N) is 1. The van der Waals surface area contributed by atoms with Crippen LogP contribution in [0.3, 0.4) is 0 Å². The number of hydrogen-bond acceptors (Lipinski definition) is 3. The first-order chi connectivity index (χ1) is 15.6. The van der Waals surface area contributed by atoms with E-state index in [2.05, 4.69) is 75.8 Å². The van der Waals surface area contributed by atoms with Gasteiger partial charge in [-0.3, -0.25) is 4.90 Å². The highest BCUT2D eigenvalue weighted by molar-refractivity contribution is 7.80. The number of rotatable bonds is 6. The molecule has 1 N–H and O–H groups in total. The van der Waals surface area contributed by atoms with Crippen molar-refractivity contribution in [1.29, 1.82) is 0 Å². The third-order valence-corrected chi connectivity index (χ3v) is 6.03. The molecule has 1 fully saturated rings. The molecule has 0 radical (unpaired) electrons. The quantitative estimate of drug-likeness (QED) is 0.500. The molecule has 32 heavy (non-hydrogen) atoms. The number of thiocarbonyl (C=S) groups is 1. The van der Waals surface area contributed by atoms with Crippen LogP contribution in [0.2, 0.25) is 0 Å². The second-order valence-electron chi connectivity index (χ2n) is 8.37. The van der Waals surface area contributed by atoms with E-state index in [0.29, 0.717) is 0 Å². The highest BCUT2D eigenvalue weighted by atomic mass is 32.1. The average molecular weight is 446 g/mol. The van der Waals surface area contributed by atoms with Crippen LogP contribution in [0, 0.1) is 0 Å². The topological polar surface area (TPSA) is 27.7 Å². The molecule has 0 spiro atoms. The Morgan fingerprint density at radius 2 is 1.31 bits per heavy atom. The van der Waals surface area contributed by atoms with Crippen molar-refractivity contribution in [1.82, 2.24) is 9.80 Å². The van der Waals surface area contributed by atoms with Crippen molar-refractivity contribution >= 4 is 23.0 Å². The Kier molecular flexibility index (Phi) is 7.40. The molecule has 1 aliphatic rings. The summed E-state index contributed by atoms with van der Waals surface area (Å²) in [7, 11) is 0. The van der Waals surface area contributed by atoms with Crippen molar-refractivity contribution in [2.24, 2.45) is 0 Å². The Labute approximate surface area is 196 Å². The molecular weight excluding hydrogens is 414 g/mol. The lowest BCUT2D eigenvalue weighted by Crippen LogP contribution is -2.50. The fourth-order valence-electron chi connectivity index (χ4n) is 4.16. The molecule has 3 aromatic rings. The highest BCUT2D eigenvalue weighted by Gasteiger charge is 2.27. The lowest BCUT2D eigenvalue weighted by Gasteiger charge is -2.40. The van der Waals surface area contributed by atoms with Crippen LogP contribution in [0.5, 0.6) is 5.75 Å². The maximum atomic E-state index is 5.72. The molecule has 0 aliphatic carbocycles. The fraction of sp³-hybridized carbons (Fsp3) is 0.296. The van der Waals surface area contributed by atoms with E-state index in [1.807, 2.05) is 38.1 Å². The van der Waals surface area contributed by atoms with Crippen LogP contribution in [0.4, 0.5) is 5.69 Å². The van der Waals surface area contributed by atoms with E-state index in [1.54, 1.807) is 0 Å². The standard InChI is InChI=1S/C27H31N3OS/c1-21(2)31-25-15-13-24(14-16-25)28-27(32)30-19-17-29(18-20-30)26(22-9-5-3-6-10-22)23-11-7-4-8-12-23/h3-16,21,26H,17-20H2,1-2H3,(H,28,32). The molecule has 0 aromatic heterocycles. The molecule has 0 saturated carbocycles. The van der Waals surface area contributed by atoms with Gasteiger partial charge in [-0.05, 0) is 61.5 Å². The van der Waals surface area contributed by atoms with Crippen molar-refractivity contribution in [3.05, 3.63) is 96.1 Å². The van der Waals surface area contributed by atoms with Gasteiger partial charge < -0.3 is 15.0 Å². The zero-order valence-corrected chi connectivity index (χ0v) is 19.6. The first kappa shape index (κ1) is 22.3. The lowest BCUT2D eigenvalue weighted by molar-refractivity contribution is 0.151. The molecule has 1 heterocycles. The van der Waals surface area contributed by atoms with Crippen molar-refractivity contribution in [3.63, 3.8) is 0 Å². The Morgan fingerprint density at radius 3 is 1.81 bits per heavy atom. The van der Waals surface area contributed by atoms with Crippen LogP contribution >= 0.6 is 12.2 Å². The van der Waals surface area contributed by atoms with Gasteiger partial charge in [-0.1, -0.05) is 60.7 Å². The normalized spacial score (nSPS) is 14.6. The van der Waals surface area contributed by atoms with Crippen molar-refractivity contribution in [2.45, 2.75) is 26.0 Å². The summed E-state index contributed by atoms with van der Waals surface area (Å²) in [6.45, 7) is 7.77. The van der Waals surface area contributed by atoms with Crippen LogP contribution in [-0.4, -0.2) is 47.2 Å². The first-order valence-electron chi connectivity index (χ1n) is 11.3. The first-order valence-corrected chi connectivity index (χ1v) is 11.7. The van der Waals surface area contributed by atoms with Crippen molar-refractivity contribution < 1.29 is 4.74 Å². The second kappa shape index (κ2) is 10.6. The molecule has 0 unspecified atom stereocenters. The third-order valence-electron chi connectivity index (χ3n) is 5.67. The summed E-state index contributed by atoms with van der Waals surface area (Å²) in [5.74, 6) is 0.873. The molecule has 4 rings (SSSR count). The summed E-state index contributed by atoms with van der Waals surface area (Å²) in [5, 5.41) is 4.16. The van der Waals surface area contributed by atoms with E-state index in [-0.39, 0.29) is 12.1 Å². The monoisotopic (exact) mass is 445 g/mol. The molecular formula is C27H31N3OS. The molecule has 0 atom stereocenters. The van der Waals surface area contributed by atoms with Gasteiger partial charge in [-0.15, -0.1) is 0 Å². The summed E-state index contributed by atoms with van der Waals surface area (Å²) in [6, 6.07) is 29.8. The number of piperazine rings is 1. The van der Waals surface area contributed by atoms with E-state index in [0.717, 1.165) is 42.7 Å². The van der Waals surface area contributed by atoms with Gasteiger partial charge in [0.2, 0.25) is 0 Å². The smallest absolute Gasteiger partial charge is 0.173 e. The van der Waals surface area contributed by atoms with Gasteiger partial charge in [-0.25, -0.2) is 0 Å². The average Bonchev–Trinajstić information content (AvgIpc) is 2.82. The summed E-state index contributed by atoms with van der Waals surface area (Å²) in [4.78, 5) is 4.82. The van der Waals surface area contributed by atoms with Crippen LogP contribution in [0.15, 0.2) is 84.9 Å².